The standard InChI is InChI=1S/C14H13N3O2S/c1-19-11-4-2-10(3-5-11)9-20(18)14-16-12-6-7-15-8-13(12)17-14/h2-8H,9H2,1H3,(H,16,17). The number of nitrogens with zero attached hydrogens (tertiary/aromatic N) is 2. The average molecular weight is 287 g/mol. The minimum Gasteiger partial charge on any atom is -0.609 e. The Morgan fingerprint density at radius 1 is 1.25 bits per heavy atom. The maximum Gasteiger partial charge on any atom is 0.322 e. The maximum absolute atomic E-state index is 12.3. The van der Waals surface area contributed by atoms with Gasteiger partial charge in [-0.15, -0.1) is 0 Å². The minimum atomic E-state index is -1.21. The fourth-order valence-corrected chi connectivity index (χ4v) is 2.94. The highest BCUT2D eigenvalue weighted by Crippen LogP contribution is 2.19. The van der Waals surface area contributed by atoms with Crippen LogP contribution in [0.15, 0.2) is 47.9 Å². The van der Waals surface area contributed by atoms with Crippen molar-refractivity contribution in [3.8, 4) is 5.75 Å². The number of H-pyrrole nitrogens is 1. The van der Waals surface area contributed by atoms with Gasteiger partial charge in [-0.05, 0) is 18.2 Å². The predicted molar refractivity (Wildman–Crippen MR) is 77.0 cm³/mol. The zero-order chi connectivity index (χ0) is 13.9. The summed E-state index contributed by atoms with van der Waals surface area (Å²) in [6.07, 6.45) is 3.33. The molecule has 3 aromatic rings. The first-order valence-electron chi connectivity index (χ1n) is 6.07. The molecule has 1 aromatic carbocycles. The third-order valence-electron chi connectivity index (χ3n) is 2.94. The highest BCUT2D eigenvalue weighted by molar-refractivity contribution is 7.90. The summed E-state index contributed by atoms with van der Waals surface area (Å²) in [5.41, 5.74) is 2.55. The summed E-state index contributed by atoms with van der Waals surface area (Å²) < 4.78 is 17.4. The number of fused-ring (bicyclic) bond motifs is 1. The molecule has 1 atom stereocenters. The molecule has 0 spiro atoms. The molecule has 2 heterocycles. The SMILES string of the molecule is COc1ccc(C[S+]([O-])c2nc3cnccc3[nH]2)cc1. The molecular formula is C14H13N3O2S. The van der Waals surface area contributed by atoms with Gasteiger partial charge in [0.25, 0.3) is 0 Å². The fourth-order valence-electron chi connectivity index (χ4n) is 1.88. The number of benzene rings is 1. The molecule has 0 amide bonds. The average Bonchev–Trinajstić information content (AvgIpc) is 2.92. The molecule has 3 rings (SSSR count). The summed E-state index contributed by atoms with van der Waals surface area (Å²) in [5, 5.41) is 0.476. The maximum atomic E-state index is 12.3. The van der Waals surface area contributed by atoms with E-state index in [9.17, 15) is 4.55 Å². The van der Waals surface area contributed by atoms with Crippen molar-refractivity contribution in [1.29, 1.82) is 0 Å². The van der Waals surface area contributed by atoms with Gasteiger partial charge in [-0.1, -0.05) is 12.1 Å². The van der Waals surface area contributed by atoms with Crippen LogP contribution in [0.1, 0.15) is 5.56 Å². The number of aromatic nitrogens is 3. The monoisotopic (exact) mass is 287 g/mol. The molecule has 1 unspecified atom stereocenters. The second-order valence-electron chi connectivity index (χ2n) is 4.27. The Morgan fingerprint density at radius 3 is 2.75 bits per heavy atom. The minimum absolute atomic E-state index is 0.414. The molecule has 5 nitrogen and oxygen atoms in total. The number of imidazole rings is 1. The lowest BCUT2D eigenvalue weighted by atomic mass is 10.2. The first kappa shape index (κ1) is 13.0. The number of ether oxygens (including phenoxy) is 1. The summed E-state index contributed by atoms with van der Waals surface area (Å²) >= 11 is -1.21. The van der Waals surface area contributed by atoms with E-state index < -0.39 is 11.2 Å². The Hall–Kier alpha value is -2.05. The van der Waals surface area contributed by atoms with Crippen LogP contribution in [-0.4, -0.2) is 26.6 Å². The van der Waals surface area contributed by atoms with Gasteiger partial charge in [0.2, 0.25) is 0 Å². The number of pyridine rings is 1. The summed E-state index contributed by atoms with van der Waals surface area (Å²) in [6, 6.07) is 9.34. The van der Waals surface area contributed by atoms with Crippen LogP contribution in [-0.2, 0) is 16.9 Å². The summed E-state index contributed by atoms with van der Waals surface area (Å²) in [7, 11) is 1.62. The van der Waals surface area contributed by atoms with Crippen molar-refractivity contribution < 1.29 is 9.29 Å². The molecule has 102 valence electrons. The highest BCUT2D eigenvalue weighted by atomic mass is 32.2. The van der Waals surface area contributed by atoms with Gasteiger partial charge in [0.1, 0.15) is 17.0 Å². The number of aromatic amines is 1. The molecule has 0 fully saturated rings. The third-order valence-corrected chi connectivity index (χ3v) is 4.16. The Morgan fingerprint density at radius 2 is 2.05 bits per heavy atom. The van der Waals surface area contributed by atoms with Crippen LogP contribution in [0.25, 0.3) is 11.0 Å². The number of nitrogens with one attached hydrogen (secondary N) is 1. The first-order chi connectivity index (χ1) is 9.76. The van der Waals surface area contributed by atoms with Crippen molar-refractivity contribution in [2.75, 3.05) is 7.11 Å². The summed E-state index contributed by atoms with van der Waals surface area (Å²) in [6.45, 7) is 0. The molecule has 0 aliphatic rings. The van der Waals surface area contributed by atoms with Crippen LogP contribution in [0.3, 0.4) is 0 Å². The van der Waals surface area contributed by atoms with E-state index in [0.29, 0.717) is 10.9 Å². The van der Waals surface area contributed by atoms with Gasteiger partial charge >= 0.3 is 5.16 Å². The van der Waals surface area contributed by atoms with Gasteiger partial charge in [-0.3, -0.25) is 9.97 Å². The van der Waals surface area contributed by atoms with Gasteiger partial charge in [0.15, 0.2) is 0 Å². The largest absolute Gasteiger partial charge is 0.609 e. The number of methoxy groups -OCH3 is 1. The van der Waals surface area contributed by atoms with Crippen molar-refractivity contribution >= 4 is 22.2 Å². The molecule has 0 saturated heterocycles. The first-order valence-corrected chi connectivity index (χ1v) is 7.39. The van der Waals surface area contributed by atoms with E-state index in [-0.39, 0.29) is 0 Å². The second kappa shape index (κ2) is 5.52. The Labute approximate surface area is 119 Å². The number of hydrogen-bond donors (Lipinski definition) is 1. The van der Waals surface area contributed by atoms with Gasteiger partial charge < -0.3 is 9.29 Å². The van der Waals surface area contributed by atoms with Crippen molar-refractivity contribution in [3.05, 3.63) is 48.3 Å². The van der Waals surface area contributed by atoms with E-state index in [4.69, 9.17) is 4.74 Å². The Balaban J connectivity index is 1.79. The van der Waals surface area contributed by atoms with E-state index in [1.54, 1.807) is 19.5 Å². The molecule has 0 bridgehead atoms. The van der Waals surface area contributed by atoms with Crippen molar-refractivity contribution in [3.63, 3.8) is 0 Å². The molecule has 20 heavy (non-hydrogen) atoms. The normalized spacial score (nSPS) is 12.5. The zero-order valence-electron chi connectivity index (χ0n) is 10.9. The van der Waals surface area contributed by atoms with Crippen LogP contribution < -0.4 is 4.74 Å². The van der Waals surface area contributed by atoms with Crippen molar-refractivity contribution in [2.24, 2.45) is 0 Å². The molecule has 1 N–H and O–H groups in total. The molecule has 6 heteroatoms. The fraction of sp³-hybridized carbons (Fsp3) is 0.143. The lowest BCUT2D eigenvalue weighted by molar-refractivity contribution is 0.414. The van der Waals surface area contributed by atoms with E-state index in [0.717, 1.165) is 22.3 Å². The molecule has 0 aliphatic heterocycles. The lowest BCUT2D eigenvalue weighted by Gasteiger charge is -2.07. The topological polar surface area (TPSA) is 73.9 Å². The number of rotatable bonds is 4. The van der Waals surface area contributed by atoms with Gasteiger partial charge in [0, 0.05) is 22.9 Å². The van der Waals surface area contributed by atoms with E-state index in [2.05, 4.69) is 15.0 Å². The predicted octanol–water partition coefficient (Wildman–Crippen LogP) is 2.27. The summed E-state index contributed by atoms with van der Waals surface area (Å²) in [5.74, 6) is 1.20. The van der Waals surface area contributed by atoms with Crippen LogP contribution >= 0.6 is 0 Å². The second-order valence-corrected chi connectivity index (χ2v) is 5.64. The smallest absolute Gasteiger partial charge is 0.322 e. The highest BCUT2D eigenvalue weighted by Gasteiger charge is 2.17. The molecular weight excluding hydrogens is 274 g/mol. The van der Waals surface area contributed by atoms with Crippen LogP contribution in [0.4, 0.5) is 0 Å². The van der Waals surface area contributed by atoms with Crippen molar-refractivity contribution in [2.45, 2.75) is 10.9 Å². The molecule has 0 radical (unpaired) electrons. The molecule has 0 saturated carbocycles. The third kappa shape index (κ3) is 2.61. The summed E-state index contributed by atoms with van der Waals surface area (Å²) in [4.78, 5) is 11.4. The zero-order valence-corrected chi connectivity index (χ0v) is 11.7. The van der Waals surface area contributed by atoms with E-state index in [1.807, 2.05) is 30.3 Å². The van der Waals surface area contributed by atoms with Crippen LogP contribution in [0.5, 0.6) is 5.75 Å². The molecule has 2 aromatic heterocycles. The number of hydrogen-bond acceptors (Lipinski definition) is 4. The van der Waals surface area contributed by atoms with E-state index >= 15 is 0 Å². The lowest BCUT2D eigenvalue weighted by Crippen LogP contribution is -2.06. The molecule has 0 aliphatic carbocycles. The quantitative estimate of drug-likeness (QED) is 0.747. The van der Waals surface area contributed by atoms with E-state index in [1.165, 1.54) is 0 Å². The van der Waals surface area contributed by atoms with Crippen molar-refractivity contribution in [1.82, 2.24) is 15.0 Å². The Kier molecular flexibility index (Phi) is 3.58. The van der Waals surface area contributed by atoms with Gasteiger partial charge in [-0.25, -0.2) is 0 Å². The van der Waals surface area contributed by atoms with Gasteiger partial charge in [-0.2, -0.15) is 4.98 Å². The van der Waals surface area contributed by atoms with Crippen LogP contribution in [0, 0.1) is 0 Å². The van der Waals surface area contributed by atoms with Gasteiger partial charge in [0.05, 0.1) is 18.8 Å². The van der Waals surface area contributed by atoms with Crippen LogP contribution in [0.2, 0.25) is 0 Å². The Bertz CT molecular complexity index is 679.